The number of amides is 1. The molecule has 4 rings (SSSR count). The molecule has 1 amide bonds. The van der Waals surface area contributed by atoms with Gasteiger partial charge in [0, 0.05) is 23.8 Å². The second-order valence-corrected chi connectivity index (χ2v) is 7.86. The van der Waals surface area contributed by atoms with Crippen molar-refractivity contribution in [1.82, 2.24) is 9.63 Å². The second-order valence-electron chi connectivity index (χ2n) is 7.86. The summed E-state index contributed by atoms with van der Waals surface area (Å²) >= 11 is 0. The third-order valence-corrected chi connectivity index (χ3v) is 4.82. The summed E-state index contributed by atoms with van der Waals surface area (Å²) in [6, 6.07) is 19.5. The van der Waals surface area contributed by atoms with Crippen LogP contribution in [0.1, 0.15) is 32.9 Å². The zero-order chi connectivity index (χ0) is 19.0. The van der Waals surface area contributed by atoms with Crippen molar-refractivity contribution in [3.63, 3.8) is 0 Å². The first kappa shape index (κ1) is 17.5. The van der Waals surface area contributed by atoms with Gasteiger partial charge in [-0.15, -0.1) is 0 Å². The quantitative estimate of drug-likeness (QED) is 0.682. The molecule has 0 N–H and O–H groups in total. The van der Waals surface area contributed by atoms with E-state index in [0.29, 0.717) is 6.54 Å². The fraction of sp³-hybridized carbons (Fsp3) is 0.318. The van der Waals surface area contributed by atoms with Crippen LogP contribution in [-0.4, -0.2) is 28.5 Å². The van der Waals surface area contributed by atoms with Gasteiger partial charge >= 0.3 is 6.09 Å². The highest BCUT2D eigenvalue weighted by Gasteiger charge is 2.36. The van der Waals surface area contributed by atoms with Gasteiger partial charge in [0.25, 0.3) is 0 Å². The molecular weight excluding hydrogens is 340 g/mol. The van der Waals surface area contributed by atoms with Crippen LogP contribution in [-0.2, 0) is 5.41 Å². The molecule has 0 radical (unpaired) electrons. The minimum Gasteiger partial charge on any atom is -0.470 e. The summed E-state index contributed by atoms with van der Waals surface area (Å²) in [6.45, 7) is 6.95. The average Bonchev–Trinajstić information content (AvgIpc) is 2.99. The van der Waals surface area contributed by atoms with Crippen molar-refractivity contribution in [1.29, 1.82) is 0 Å². The van der Waals surface area contributed by atoms with E-state index >= 15 is 0 Å². The second kappa shape index (κ2) is 6.65. The fourth-order valence-electron chi connectivity index (χ4n) is 3.23. The maximum Gasteiger partial charge on any atom is 0.437 e. The summed E-state index contributed by atoms with van der Waals surface area (Å²) in [5.41, 5.74) is 1.68. The number of aromatic nitrogens is 1. The Morgan fingerprint density at radius 1 is 1.04 bits per heavy atom. The topological polar surface area (TPSA) is 43.7 Å². The van der Waals surface area contributed by atoms with Crippen molar-refractivity contribution in [2.75, 3.05) is 6.54 Å². The molecule has 1 fully saturated rings. The van der Waals surface area contributed by atoms with Crippen molar-refractivity contribution in [2.45, 2.75) is 38.8 Å². The van der Waals surface area contributed by atoms with Crippen LogP contribution in [0.25, 0.3) is 10.9 Å². The Morgan fingerprint density at radius 2 is 1.74 bits per heavy atom. The van der Waals surface area contributed by atoms with Crippen molar-refractivity contribution in [3.8, 4) is 5.75 Å². The van der Waals surface area contributed by atoms with E-state index in [0.717, 1.165) is 28.8 Å². The summed E-state index contributed by atoms with van der Waals surface area (Å²) < 4.78 is 7.57. The minimum absolute atomic E-state index is 0.159. The van der Waals surface area contributed by atoms with Crippen LogP contribution in [0.2, 0.25) is 0 Å². The minimum atomic E-state index is -0.394. The van der Waals surface area contributed by atoms with Gasteiger partial charge in [-0.1, -0.05) is 57.2 Å². The van der Waals surface area contributed by atoms with Crippen molar-refractivity contribution < 1.29 is 14.4 Å². The Hall–Kier alpha value is -2.95. The summed E-state index contributed by atoms with van der Waals surface area (Å²) in [6.07, 6.45) is 0.108. The molecule has 0 aliphatic carbocycles. The van der Waals surface area contributed by atoms with Gasteiger partial charge in [0.1, 0.15) is 5.75 Å². The third kappa shape index (κ3) is 3.37. The van der Waals surface area contributed by atoms with Crippen LogP contribution >= 0.6 is 0 Å². The van der Waals surface area contributed by atoms with Crippen LogP contribution in [0.3, 0.4) is 0 Å². The number of fused-ring (bicyclic) bond motifs is 1. The highest BCUT2D eigenvalue weighted by molar-refractivity contribution is 5.82. The summed E-state index contributed by atoms with van der Waals surface area (Å²) in [5, 5.41) is 1.05. The van der Waals surface area contributed by atoms with E-state index in [1.54, 1.807) is 9.63 Å². The lowest BCUT2D eigenvalue weighted by atomic mass is 9.92. The van der Waals surface area contributed by atoms with Crippen LogP contribution in [0.4, 0.5) is 4.79 Å². The molecule has 1 aliphatic heterocycles. The van der Waals surface area contributed by atoms with Gasteiger partial charge in [-0.05, 0) is 24.3 Å². The monoisotopic (exact) mass is 364 g/mol. The number of benzene rings is 2. The maximum absolute atomic E-state index is 12.8. The normalized spacial score (nSPS) is 16.9. The van der Waals surface area contributed by atoms with Gasteiger partial charge in [0.2, 0.25) is 0 Å². The predicted molar refractivity (Wildman–Crippen MR) is 105 cm³/mol. The summed E-state index contributed by atoms with van der Waals surface area (Å²) in [4.78, 5) is 20.3. The lowest BCUT2D eigenvalue weighted by Crippen LogP contribution is -2.56. The molecular formula is C22H24N2O3. The maximum atomic E-state index is 12.8. The number of para-hydroxylation sites is 2. The smallest absolute Gasteiger partial charge is 0.437 e. The van der Waals surface area contributed by atoms with Crippen LogP contribution in [0.5, 0.6) is 5.75 Å². The van der Waals surface area contributed by atoms with Crippen molar-refractivity contribution in [3.05, 3.63) is 66.4 Å². The molecule has 0 bridgehead atoms. The molecule has 1 saturated heterocycles. The first-order valence-corrected chi connectivity index (χ1v) is 9.25. The molecule has 1 aromatic heterocycles. The highest BCUT2D eigenvalue weighted by atomic mass is 16.7. The standard InChI is InChI=1S/C22H24N2O3/c1-22(2,3)19-15-16-9-7-8-12-18(16)24(19)27-21(25)23-14-13-20(23)26-17-10-5-4-6-11-17/h4-12,15,20H,13-14H2,1-3H3. The van der Waals surface area contributed by atoms with Crippen molar-refractivity contribution in [2.24, 2.45) is 0 Å². The van der Waals surface area contributed by atoms with Gasteiger partial charge in [0.05, 0.1) is 11.2 Å². The molecule has 3 aromatic rings. The van der Waals surface area contributed by atoms with Gasteiger partial charge in [-0.2, -0.15) is 4.73 Å². The molecule has 0 spiro atoms. The molecule has 5 heteroatoms. The molecule has 2 aromatic carbocycles. The van der Waals surface area contributed by atoms with Gasteiger partial charge in [-0.25, -0.2) is 4.79 Å². The SMILES string of the molecule is CC(C)(C)c1cc2ccccc2n1OC(=O)N1CCC1Oc1ccccc1. The molecule has 140 valence electrons. The summed E-state index contributed by atoms with van der Waals surface area (Å²) in [7, 11) is 0. The largest absolute Gasteiger partial charge is 0.470 e. The number of ether oxygens (including phenoxy) is 1. The molecule has 1 unspecified atom stereocenters. The first-order chi connectivity index (χ1) is 12.9. The van der Waals surface area contributed by atoms with E-state index in [1.165, 1.54) is 0 Å². The van der Waals surface area contributed by atoms with E-state index in [4.69, 9.17) is 9.57 Å². The lowest BCUT2D eigenvalue weighted by Gasteiger charge is -2.39. The lowest BCUT2D eigenvalue weighted by molar-refractivity contribution is -0.0479. The zero-order valence-corrected chi connectivity index (χ0v) is 15.9. The number of carbonyl (C=O) groups excluding carboxylic acids is 1. The number of carbonyl (C=O) groups is 1. The predicted octanol–water partition coefficient (Wildman–Crippen LogP) is 4.60. The van der Waals surface area contributed by atoms with Crippen molar-refractivity contribution >= 4 is 17.0 Å². The Kier molecular flexibility index (Phi) is 4.30. The van der Waals surface area contributed by atoms with Crippen LogP contribution < -0.4 is 9.57 Å². The fourth-order valence-corrected chi connectivity index (χ4v) is 3.23. The van der Waals surface area contributed by atoms with E-state index in [1.807, 2.05) is 54.6 Å². The summed E-state index contributed by atoms with van der Waals surface area (Å²) in [5.74, 6) is 0.752. The van der Waals surface area contributed by atoms with E-state index in [-0.39, 0.29) is 11.6 Å². The molecule has 2 heterocycles. The average molecular weight is 364 g/mol. The Balaban J connectivity index is 1.56. The van der Waals surface area contributed by atoms with Crippen LogP contribution in [0.15, 0.2) is 60.7 Å². The van der Waals surface area contributed by atoms with E-state index < -0.39 is 6.09 Å². The van der Waals surface area contributed by atoms with Crippen LogP contribution in [0, 0.1) is 0 Å². The highest BCUT2D eigenvalue weighted by Crippen LogP contribution is 2.29. The number of likely N-dealkylation sites (tertiary alicyclic amines) is 1. The molecule has 1 atom stereocenters. The number of hydrogen-bond acceptors (Lipinski definition) is 3. The first-order valence-electron chi connectivity index (χ1n) is 9.25. The number of rotatable bonds is 3. The Labute approximate surface area is 159 Å². The van der Waals surface area contributed by atoms with Gasteiger partial charge in [-0.3, -0.25) is 4.90 Å². The Bertz CT molecular complexity index is 957. The third-order valence-electron chi connectivity index (χ3n) is 4.82. The van der Waals surface area contributed by atoms with E-state index in [9.17, 15) is 4.79 Å². The Morgan fingerprint density at radius 3 is 2.41 bits per heavy atom. The molecule has 5 nitrogen and oxygen atoms in total. The molecule has 1 aliphatic rings. The number of nitrogens with zero attached hydrogens (tertiary/aromatic N) is 2. The zero-order valence-electron chi connectivity index (χ0n) is 15.9. The molecule has 0 saturated carbocycles. The van der Waals surface area contributed by atoms with Gasteiger partial charge in [0.15, 0.2) is 6.23 Å². The molecule has 27 heavy (non-hydrogen) atoms. The van der Waals surface area contributed by atoms with Gasteiger partial charge < -0.3 is 9.57 Å². The van der Waals surface area contributed by atoms with E-state index in [2.05, 4.69) is 26.8 Å². The number of hydrogen-bond donors (Lipinski definition) is 0.